The summed E-state index contributed by atoms with van der Waals surface area (Å²) in [6.45, 7) is 15.2. The summed E-state index contributed by atoms with van der Waals surface area (Å²) in [7, 11) is 0. The zero-order valence-corrected chi connectivity index (χ0v) is 9.73. The standard InChI is InChI=1S/C8H11O.3CO.Co/c1-7(9)8-5-3-2-4-6-8;3*1-2;/h2-3,5,8H,4,6H2,1H3;;;;. The second kappa shape index (κ2) is 23.7. The predicted octanol–water partition coefficient (Wildman–Crippen LogP) is 1.63. The van der Waals surface area contributed by atoms with Gasteiger partial charge >= 0.3 is 33.9 Å². The van der Waals surface area contributed by atoms with Crippen LogP contribution >= 0.6 is 0 Å². The molecule has 0 aliphatic heterocycles. The second-order valence-electron chi connectivity index (χ2n) is 2.42. The van der Waals surface area contributed by atoms with Crippen molar-refractivity contribution in [1.82, 2.24) is 0 Å². The molecule has 0 fully saturated rings. The van der Waals surface area contributed by atoms with Crippen molar-refractivity contribution in [2.24, 2.45) is 5.92 Å². The van der Waals surface area contributed by atoms with E-state index in [4.69, 9.17) is 14.0 Å². The summed E-state index contributed by atoms with van der Waals surface area (Å²) < 4.78 is 22.5. The zero-order chi connectivity index (χ0) is 12.7. The van der Waals surface area contributed by atoms with Gasteiger partial charge in [0, 0.05) is 22.7 Å². The van der Waals surface area contributed by atoms with E-state index in [0.717, 1.165) is 12.8 Å². The molecule has 1 unspecified atom stereocenters. The molecule has 0 aromatic rings. The Labute approximate surface area is 106 Å². The summed E-state index contributed by atoms with van der Waals surface area (Å²) in [5.74, 6) is 0.495. The fourth-order valence-electron chi connectivity index (χ4n) is 1.02. The average Bonchev–Trinajstić information content (AvgIpc) is 2.38. The molecule has 0 bridgehead atoms. The summed E-state index contributed by atoms with van der Waals surface area (Å²) in [6.07, 6.45) is 8.12. The van der Waals surface area contributed by atoms with Crippen molar-refractivity contribution < 1.29 is 35.5 Å². The van der Waals surface area contributed by atoms with E-state index < -0.39 is 0 Å². The third kappa shape index (κ3) is 15.6. The first-order chi connectivity index (χ1) is 7.30. The van der Waals surface area contributed by atoms with Crippen molar-refractivity contribution in [3.8, 4) is 0 Å². The summed E-state index contributed by atoms with van der Waals surface area (Å²) in [4.78, 5) is 10.7. The van der Waals surface area contributed by atoms with E-state index in [0.29, 0.717) is 5.78 Å². The van der Waals surface area contributed by atoms with Crippen LogP contribution in [0.4, 0.5) is 0 Å². The summed E-state index contributed by atoms with van der Waals surface area (Å²) in [5, 5.41) is 0. The molecule has 88 valence electrons. The molecule has 16 heavy (non-hydrogen) atoms. The zero-order valence-electron chi connectivity index (χ0n) is 8.69. The smallest absolute Gasteiger partial charge is 0 e. The molecule has 1 aliphatic rings. The van der Waals surface area contributed by atoms with Gasteiger partial charge in [-0.05, 0) is 26.2 Å². The van der Waals surface area contributed by atoms with E-state index in [1.807, 2.05) is 12.5 Å². The van der Waals surface area contributed by atoms with E-state index in [1.165, 1.54) is 0 Å². The third-order valence-corrected chi connectivity index (χ3v) is 1.65. The van der Waals surface area contributed by atoms with Gasteiger partial charge in [-0.25, -0.2) is 0 Å². The normalized spacial score (nSPS) is 15.1. The first kappa shape index (κ1) is 24.4. The van der Waals surface area contributed by atoms with Crippen LogP contribution in [-0.2, 0) is 35.5 Å². The first-order valence-corrected chi connectivity index (χ1v) is 3.92. The Hall–Kier alpha value is -0.864. The van der Waals surface area contributed by atoms with Gasteiger partial charge in [-0.1, -0.05) is 12.2 Å². The van der Waals surface area contributed by atoms with Crippen molar-refractivity contribution >= 4 is 5.78 Å². The van der Waals surface area contributed by atoms with Gasteiger partial charge in [-0.15, -0.1) is 0 Å². The Balaban J connectivity index is -0.0000000900. The fourth-order valence-corrected chi connectivity index (χ4v) is 1.02. The molecule has 0 spiro atoms. The van der Waals surface area contributed by atoms with Crippen LogP contribution < -0.4 is 0 Å². The van der Waals surface area contributed by atoms with Crippen molar-refractivity contribution in [3.05, 3.63) is 38.5 Å². The third-order valence-electron chi connectivity index (χ3n) is 1.65. The minimum Gasteiger partial charge on any atom is 0 e. The molecule has 2 radical (unpaired) electrons. The molecular weight excluding hydrogens is 255 g/mol. The Morgan fingerprint density at radius 1 is 1.19 bits per heavy atom. The van der Waals surface area contributed by atoms with E-state index >= 15 is 0 Å². The number of ketones is 1. The second-order valence-corrected chi connectivity index (χ2v) is 2.42. The molecule has 0 N–H and O–H groups in total. The van der Waals surface area contributed by atoms with Crippen molar-refractivity contribution in [2.45, 2.75) is 19.8 Å². The molecule has 0 saturated carbocycles. The van der Waals surface area contributed by atoms with Crippen LogP contribution in [0.3, 0.4) is 0 Å². The van der Waals surface area contributed by atoms with Gasteiger partial charge in [0.2, 0.25) is 0 Å². The van der Waals surface area contributed by atoms with Crippen LogP contribution in [0, 0.1) is 32.3 Å². The van der Waals surface area contributed by atoms with Crippen LogP contribution in [0.25, 0.3) is 0 Å². The maximum Gasteiger partial charge on any atom is 0 e. The van der Waals surface area contributed by atoms with Gasteiger partial charge in [0.25, 0.3) is 0 Å². The number of carbonyl (C=O) groups excluding carboxylic acids is 1. The number of carbonyl (C=O) groups is 1. The van der Waals surface area contributed by atoms with Gasteiger partial charge < -0.3 is 0 Å². The van der Waals surface area contributed by atoms with Gasteiger partial charge in [-0.2, -0.15) is 0 Å². The van der Waals surface area contributed by atoms with Gasteiger partial charge in [0.15, 0.2) is 0 Å². The first-order valence-electron chi connectivity index (χ1n) is 3.92. The van der Waals surface area contributed by atoms with Gasteiger partial charge in [0.1, 0.15) is 5.78 Å². The Morgan fingerprint density at radius 2 is 1.62 bits per heavy atom. The van der Waals surface area contributed by atoms with E-state index in [2.05, 4.69) is 26.0 Å². The minimum atomic E-state index is 0. The molecule has 0 heterocycles. The maximum atomic E-state index is 10.7. The molecular formula is C11H11CoO4. The number of Topliss-reactive ketones (excluding diaryl/α,β-unsaturated/α-hetero) is 1. The van der Waals surface area contributed by atoms with E-state index in [-0.39, 0.29) is 22.7 Å². The number of hydrogen-bond donors (Lipinski definition) is 0. The Morgan fingerprint density at radius 3 is 1.81 bits per heavy atom. The van der Waals surface area contributed by atoms with Crippen molar-refractivity contribution in [3.63, 3.8) is 0 Å². The molecule has 5 heteroatoms. The molecule has 0 saturated heterocycles. The fraction of sp³-hybridized carbons (Fsp3) is 0.364. The van der Waals surface area contributed by atoms with Crippen molar-refractivity contribution in [1.29, 1.82) is 0 Å². The average molecular weight is 266 g/mol. The van der Waals surface area contributed by atoms with E-state index in [1.54, 1.807) is 6.92 Å². The monoisotopic (exact) mass is 266 g/mol. The number of allylic oxidation sites excluding steroid dienone is 2. The SMILES string of the molecule is CC(=O)C1[CH]C=CCC1.[C-]#[O+].[C-]#[O+].[C-]#[O+].[Co]. The molecule has 4 nitrogen and oxygen atoms in total. The molecule has 1 atom stereocenters. The van der Waals surface area contributed by atoms with E-state index in [9.17, 15) is 4.79 Å². The van der Waals surface area contributed by atoms with Crippen LogP contribution in [0.2, 0.25) is 0 Å². The van der Waals surface area contributed by atoms with Crippen LogP contribution in [0.1, 0.15) is 19.8 Å². The van der Waals surface area contributed by atoms with Gasteiger partial charge in [-0.3, -0.25) is 4.79 Å². The minimum absolute atomic E-state index is 0. The summed E-state index contributed by atoms with van der Waals surface area (Å²) in [5.41, 5.74) is 0. The largest absolute Gasteiger partial charge is 0 e. The topological polar surface area (TPSA) is 76.8 Å². The Kier molecular flexibility index (Phi) is 36.2. The van der Waals surface area contributed by atoms with Crippen LogP contribution in [0.5, 0.6) is 0 Å². The van der Waals surface area contributed by atoms with Gasteiger partial charge in [0.05, 0.1) is 0 Å². The molecule has 1 aliphatic carbocycles. The number of rotatable bonds is 1. The van der Waals surface area contributed by atoms with Crippen molar-refractivity contribution in [2.75, 3.05) is 0 Å². The molecule has 0 aromatic carbocycles. The molecule has 1 rings (SSSR count). The Bertz CT molecular complexity index is 226. The van der Waals surface area contributed by atoms with Crippen LogP contribution in [0.15, 0.2) is 12.2 Å². The quantitative estimate of drug-likeness (QED) is 0.525. The maximum absolute atomic E-state index is 10.7. The summed E-state index contributed by atoms with van der Waals surface area (Å²) >= 11 is 0. The molecule has 0 aromatic heterocycles. The predicted molar refractivity (Wildman–Crippen MR) is 48.6 cm³/mol. The van der Waals surface area contributed by atoms with Crippen LogP contribution in [-0.4, -0.2) is 5.78 Å². The molecule has 0 amide bonds. The summed E-state index contributed by atoms with van der Waals surface area (Å²) in [6, 6.07) is 0. The number of hydrogen-bond acceptors (Lipinski definition) is 1.